The minimum atomic E-state index is -0.266. The number of ether oxygens (including phenoxy) is 2. The van der Waals surface area contributed by atoms with Gasteiger partial charge in [0.15, 0.2) is 22.5 Å². The van der Waals surface area contributed by atoms with Gasteiger partial charge < -0.3 is 24.7 Å². The summed E-state index contributed by atoms with van der Waals surface area (Å²) in [4.78, 5) is 24.7. The summed E-state index contributed by atoms with van der Waals surface area (Å²) in [5.74, 6) is 1.64. The van der Waals surface area contributed by atoms with Crippen molar-refractivity contribution >= 4 is 35.3 Å². The smallest absolute Gasteiger partial charge is 0.244 e. The van der Waals surface area contributed by atoms with E-state index in [4.69, 9.17) is 9.47 Å². The SMILES string of the molecule is CCc1ccc(NC(=O)CSc2nnc(CNC(=O)/C=C/c3ccc(OC)c(OC)c3)n2CC)cc1. The van der Waals surface area contributed by atoms with Crippen molar-refractivity contribution in [3.8, 4) is 11.5 Å². The molecule has 0 fully saturated rings. The average Bonchev–Trinajstić information content (AvgIpc) is 3.31. The third kappa shape index (κ3) is 7.35. The van der Waals surface area contributed by atoms with Gasteiger partial charge in [0.25, 0.3) is 0 Å². The molecule has 3 rings (SSSR count). The van der Waals surface area contributed by atoms with Gasteiger partial charge in [-0.2, -0.15) is 0 Å². The van der Waals surface area contributed by atoms with Gasteiger partial charge in [-0.1, -0.05) is 36.9 Å². The number of benzene rings is 2. The Kier molecular flexibility index (Phi) is 9.93. The number of thioether (sulfide) groups is 1. The zero-order valence-electron chi connectivity index (χ0n) is 20.9. The van der Waals surface area contributed by atoms with E-state index in [1.165, 1.54) is 23.4 Å². The Morgan fingerprint density at radius 1 is 1.03 bits per heavy atom. The summed E-state index contributed by atoms with van der Waals surface area (Å²) in [5.41, 5.74) is 2.78. The predicted molar refractivity (Wildman–Crippen MR) is 141 cm³/mol. The van der Waals surface area contributed by atoms with Gasteiger partial charge >= 0.3 is 0 Å². The van der Waals surface area contributed by atoms with Crippen LogP contribution in [-0.2, 0) is 29.1 Å². The number of anilines is 1. The lowest BCUT2D eigenvalue weighted by molar-refractivity contribution is -0.116. The summed E-state index contributed by atoms with van der Waals surface area (Å²) >= 11 is 1.30. The highest BCUT2D eigenvalue weighted by molar-refractivity contribution is 7.99. The highest BCUT2D eigenvalue weighted by atomic mass is 32.2. The summed E-state index contributed by atoms with van der Waals surface area (Å²) in [6, 6.07) is 13.2. The number of hydrogen-bond donors (Lipinski definition) is 2. The van der Waals surface area contributed by atoms with Gasteiger partial charge in [-0.25, -0.2) is 0 Å². The molecule has 190 valence electrons. The van der Waals surface area contributed by atoms with Gasteiger partial charge in [0.1, 0.15) is 0 Å². The number of nitrogens with zero attached hydrogens (tertiary/aromatic N) is 3. The van der Waals surface area contributed by atoms with Crippen molar-refractivity contribution in [3.05, 3.63) is 65.5 Å². The van der Waals surface area contributed by atoms with Crippen molar-refractivity contribution < 1.29 is 19.1 Å². The molecule has 2 amide bonds. The van der Waals surface area contributed by atoms with Crippen LogP contribution in [0.3, 0.4) is 0 Å². The molecule has 0 spiro atoms. The van der Waals surface area contributed by atoms with Crippen molar-refractivity contribution in [3.63, 3.8) is 0 Å². The summed E-state index contributed by atoms with van der Waals surface area (Å²) in [5, 5.41) is 14.7. The van der Waals surface area contributed by atoms with Crippen LogP contribution < -0.4 is 20.1 Å². The predicted octanol–water partition coefficient (Wildman–Crippen LogP) is 3.94. The number of carbonyl (C=O) groups is 2. The average molecular weight is 510 g/mol. The molecule has 0 saturated carbocycles. The molecule has 9 nitrogen and oxygen atoms in total. The number of aryl methyl sites for hydroxylation is 1. The fourth-order valence-corrected chi connectivity index (χ4v) is 4.20. The maximum absolute atomic E-state index is 12.4. The van der Waals surface area contributed by atoms with Crippen LogP contribution in [0.4, 0.5) is 5.69 Å². The monoisotopic (exact) mass is 509 g/mol. The molecule has 3 aromatic rings. The number of hydrogen-bond acceptors (Lipinski definition) is 7. The van der Waals surface area contributed by atoms with E-state index < -0.39 is 0 Å². The quantitative estimate of drug-likeness (QED) is 0.281. The van der Waals surface area contributed by atoms with E-state index in [1.54, 1.807) is 32.4 Å². The van der Waals surface area contributed by atoms with Gasteiger partial charge in [-0.15, -0.1) is 10.2 Å². The fourth-order valence-electron chi connectivity index (χ4n) is 3.38. The summed E-state index contributed by atoms with van der Waals surface area (Å²) in [6.45, 7) is 4.88. The molecule has 0 bridgehead atoms. The number of rotatable bonds is 12. The van der Waals surface area contributed by atoms with Crippen LogP contribution >= 0.6 is 11.8 Å². The van der Waals surface area contributed by atoms with Crippen molar-refractivity contribution in [2.75, 3.05) is 25.3 Å². The lowest BCUT2D eigenvalue weighted by Gasteiger charge is -2.09. The van der Waals surface area contributed by atoms with E-state index in [1.807, 2.05) is 41.8 Å². The van der Waals surface area contributed by atoms with Gasteiger partial charge in [-0.3, -0.25) is 9.59 Å². The molecule has 0 saturated heterocycles. The Morgan fingerprint density at radius 3 is 2.44 bits per heavy atom. The molecular formula is C26H31N5O4S. The molecule has 36 heavy (non-hydrogen) atoms. The topological polar surface area (TPSA) is 107 Å². The van der Waals surface area contributed by atoms with Crippen LogP contribution in [0.1, 0.15) is 30.8 Å². The minimum Gasteiger partial charge on any atom is -0.493 e. The number of carbonyl (C=O) groups excluding carboxylic acids is 2. The van der Waals surface area contributed by atoms with Crippen LogP contribution in [0.5, 0.6) is 11.5 Å². The largest absolute Gasteiger partial charge is 0.493 e. The minimum absolute atomic E-state index is 0.120. The third-order valence-electron chi connectivity index (χ3n) is 5.34. The second kappa shape index (κ2) is 13.3. The van der Waals surface area contributed by atoms with E-state index in [9.17, 15) is 9.59 Å². The van der Waals surface area contributed by atoms with E-state index in [2.05, 4.69) is 27.8 Å². The Labute approximate surface area is 215 Å². The molecule has 0 radical (unpaired) electrons. The highest BCUT2D eigenvalue weighted by Gasteiger charge is 2.14. The van der Waals surface area contributed by atoms with Crippen molar-refractivity contribution in [2.45, 2.75) is 38.5 Å². The Bertz CT molecular complexity index is 1210. The number of nitrogens with one attached hydrogen (secondary N) is 2. The zero-order chi connectivity index (χ0) is 25.9. The lowest BCUT2D eigenvalue weighted by Crippen LogP contribution is -2.22. The van der Waals surface area contributed by atoms with Gasteiger partial charge in [0.2, 0.25) is 11.8 Å². The number of amides is 2. The molecule has 10 heteroatoms. The molecule has 0 aliphatic heterocycles. The molecule has 0 unspecified atom stereocenters. The molecule has 2 aromatic carbocycles. The van der Waals surface area contributed by atoms with Crippen LogP contribution in [0.25, 0.3) is 6.08 Å². The molecule has 1 heterocycles. The van der Waals surface area contributed by atoms with Gasteiger partial charge in [-0.05, 0) is 54.8 Å². The molecule has 1 aromatic heterocycles. The number of aromatic nitrogens is 3. The Hall–Kier alpha value is -3.79. The second-order valence-corrected chi connectivity index (χ2v) is 8.64. The van der Waals surface area contributed by atoms with E-state index in [-0.39, 0.29) is 24.1 Å². The normalized spacial score (nSPS) is 10.9. The lowest BCUT2D eigenvalue weighted by atomic mass is 10.1. The van der Waals surface area contributed by atoms with Crippen LogP contribution in [-0.4, -0.2) is 46.6 Å². The maximum Gasteiger partial charge on any atom is 0.244 e. The van der Waals surface area contributed by atoms with E-state index >= 15 is 0 Å². The first-order chi connectivity index (χ1) is 17.5. The van der Waals surface area contributed by atoms with E-state index in [0.29, 0.717) is 29.0 Å². The number of methoxy groups -OCH3 is 2. The third-order valence-corrected chi connectivity index (χ3v) is 6.31. The van der Waals surface area contributed by atoms with Crippen LogP contribution in [0.15, 0.2) is 53.7 Å². The first-order valence-electron chi connectivity index (χ1n) is 11.6. The Morgan fingerprint density at radius 2 is 1.78 bits per heavy atom. The summed E-state index contributed by atoms with van der Waals surface area (Å²) < 4.78 is 12.4. The van der Waals surface area contributed by atoms with Crippen molar-refractivity contribution in [1.82, 2.24) is 20.1 Å². The highest BCUT2D eigenvalue weighted by Crippen LogP contribution is 2.28. The standard InChI is InChI=1S/C26H31N5O4S/c1-5-18-7-11-20(12-8-18)28-25(33)17-36-26-30-29-23(31(26)6-2)16-27-24(32)14-10-19-9-13-21(34-3)22(15-19)35-4/h7-15H,5-6,16-17H2,1-4H3,(H,27,32)(H,28,33)/b14-10+. The van der Waals surface area contributed by atoms with Crippen LogP contribution in [0.2, 0.25) is 0 Å². The van der Waals surface area contributed by atoms with Gasteiger partial charge in [0, 0.05) is 18.3 Å². The second-order valence-electron chi connectivity index (χ2n) is 7.70. The maximum atomic E-state index is 12.4. The van der Waals surface area contributed by atoms with Crippen molar-refractivity contribution in [2.24, 2.45) is 0 Å². The zero-order valence-corrected chi connectivity index (χ0v) is 21.7. The Balaban J connectivity index is 1.52. The molecule has 0 atom stereocenters. The summed E-state index contributed by atoms with van der Waals surface area (Å²) in [7, 11) is 3.13. The first kappa shape index (κ1) is 26.8. The van der Waals surface area contributed by atoms with Crippen molar-refractivity contribution in [1.29, 1.82) is 0 Å². The molecule has 0 aliphatic carbocycles. The first-order valence-corrected chi connectivity index (χ1v) is 12.6. The van der Waals surface area contributed by atoms with Crippen LogP contribution in [0, 0.1) is 0 Å². The molecule has 2 N–H and O–H groups in total. The molecular weight excluding hydrogens is 478 g/mol. The summed E-state index contributed by atoms with van der Waals surface area (Å²) in [6.07, 6.45) is 4.09. The molecule has 0 aliphatic rings. The fraction of sp³-hybridized carbons (Fsp3) is 0.308. The van der Waals surface area contributed by atoms with E-state index in [0.717, 1.165) is 17.7 Å². The van der Waals surface area contributed by atoms with Gasteiger partial charge in [0.05, 0.1) is 26.5 Å².